The average Bonchev–Trinajstić information content (AvgIpc) is 3.20. The van der Waals surface area contributed by atoms with Crippen molar-refractivity contribution in [3.8, 4) is 5.75 Å². The van der Waals surface area contributed by atoms with E-state index in [-0.39, 0.29) is 5.95 Å². The van der Waals surface area contributed by atoms with Crippen molar-refractivity contribution in [3.63, 3.8) is 0 Å². The highest BCUT2D eigenvalue weighted by Crippen LogP contribution is 2.36. The molecule has 3 heterocycles. The number of anilines is 2. The SMILES string of the molecule is COc1ccc([C@@H]2C[C@@H](C)N(c3nc(N)nc4nc[nH]c34)C2)cc1. The number of aromatic amines is 1. The third kappa shape index (κ3) is 2.42. The van der Waals surface area contributed by atoms with Crippen LogP contribution in [0.3, 0.4) is 0 Å². The van der Waals surface area contributed by atoms with Crippen molar-refractivity contribution in [1.82, 2.24) is 19.9 Å². The summed E-state index contributed by atoms with van der Waals surface area (Å²) < 4.78 is 5.24. The summed E-state index contributed by atoms with van der Waals surface area (Å²) in [4.78, 5) is 18.3. The average molecular weight is 324 g/mol. The van der Waals surface area contributed by atoms with Gasteiger partial charge in [-0.2, -0.15) is 9.97 Å². The lowest BCUT2D eigenvalue weighted by Gasteiger charge is -2.23. The molecule has 1 saturated heterocycles. The second-order valence-electron chi connectivity index (χ2n) is 6.21. The molecule has 0 bridgehead atoms. The monoisotopic (exact) mass is 324 g/mol. The number of H-pyrrole nitrogens is 1. The quantitative estimate of drug-likeness (QED) is 0.768. The molecular formula is C17H20N6O. The van der Waals surface area contributed by atoms with E-state index >= 15 is 0 Å². The number of aromatic nitrogens is 4. The third-order valence-electron chi connectivity index (χ3n) is 4.72. The number of nitrogens with zero attached hydrogens (tertiary/aromatic N) is 4. The van der Waals surface area contributed by atoms with Gasteiger partial charge in [-0.3, -0.25) is 0 Å². The summed E-state index contributed by atoms with van der Waals surface area (Å²) in [6.45, 7) is 3.10. The van der Waals surface area contributed by atoms with Gasteiger partial charge in [0.1, 0.15) is 11.3 Å². The number of methoxy groups -OCH3 is 1. The van der Waals surface area contributed by atoms with Crippen molar-refractivity contribution in [3.05, 3.63) is 36.2 Å². The van der Waals surface area contributed by atoms with Crippen LogP contribution in [0.15, 0.2) is 30.6 Å². The lowest BCUT2D eigenvalue weighted by atomic mass is 9.97. The summed E-state index contributed by atoms with van der Waals surface area (Å²) in [6, 6.07) is 8.66. The molecule has 1 fully saturated rings. The van der Waals surface area contributed by atoms with Crippen LogP contribution in [0.1, 0.15) is 24.8 Å². The number of nitrogens with one attached hydrogen (secondary N) is 1. The first-order chi connectivity index (χ1) is 11.7. The first-order valence-electron chi connectivity index (χ1n) is 8.03. The zero-order valence-corrected chi connectivity index (χ0v) is 13.7. The second kappa shape index (κ2) is 5.67. The molecule has 0 spiro atoms. The van der Waals surface area contributed by atoms with Gasteiger partial charge < -0.3 is 20.4 Å². The van der Waals surface area contributed by atoms with Gasteiger partial charge in [0.2, 0.25) is 5.95 Å². The summed E-state index contributed by atoms with van der Waals surface area (Å²) in [5.74, 6) is 2.41. The van der Waals surface area contributed by atoms with Crippen LogP contribution in [0.4, 0.5) is 11.8 Å². The van der Waals surface area contributed by atoms with Gasteiger partial charge >= 0.3 is 0 Å². The molecule has 0 unspecified atom stereocenters. The lowest BCUT2D eigenvalue weighted by molar-refractivity contribution is 0.414. The highest BCUT2D eigenvalue weighted by molar-refractivity contribution is 5.84. The number of imidazole rings is 1. The molecule has 3 aromatic rings. The van der Waals surface area contributed by atoms with Crippen LogP contribution in [0.2, 0.25) is 0 Å². The highest BCUT2D eigenvalue weighted by Gasteiger charge is 2.32. The van der Waals surface area contributed by atoms with Crippen molar-refractivity contribution in [1.29, 1.82) is 0 Å². The van der Waals surface area contributed by atoms with E-state index in [0.717, 1.165) is 30.0 Å². The number of hydrogen-bond acceptors (Lipinski definition) is 6. The molecule has 4 rings (SSSR count). The number of fused-ring (bicyclic) bond motifs is 1. The number of benzene rings is 1. The summed E-state index contributed by atoms with van der Waals surface area (Å²) in [5, 5.41) is 0. The standard InChI is InChI=1S/C17H20N6O/c1-10-7-12(11-3-5-13(24-2)6-4-11)8-23(10)16-14-15(20-9-19-14)21-17(18)22-16/h3-6,9-10,12H,7-8H2,1-2H3,(H3,18,19,20,21,22)/t10-,12-/m1/s1. The molecule has 24 heavy (non-hydrogen) atoms. The third-order valence-corrected chi connectivity index (χ3v) is 4.72. The molecule has 0 saturated carbocycles. The fraction of sp³-hybridized carbons (Fsp3) is 0.353. The molecule has 7 heteroatoms. The molecule has 2 atom stereocenters. The molecule has 0 amide bonds. The maximum Gasteiger partial charge on any atom is 0.224 e. The van der Waals surface area contributed by atoms with Gasteiger partial charge in [0.05, 0.1) is 13.4 Å². The molecule has 1 aliphatic rings. The molecule has 0 radical (unpaired) electrons. The molecule has 1 aromatic carbocycles. The fourth-order valence-corrected chi connectivity index (χ4v) is 3.49. The van der Waals surface area contributed by atoms with E-state index in [4.69, 9.17) is 10.5 Å². The number of hydrogen-bond donors (Lipinski definition) is 2. The van der Waals surface area contributed by atoms with Crippen LogP contribution in [0, 0.1) is 0 Å². The van der Waals surface area contributed by atoms with Gasteiger partial charge in [0, 0.05) is 18.5 Å². The predicted octanol–water partition coefficient (Wildman–Crippen LogP) is 2.33. The van der Waals surface area contributed by atoms with Crippen LogP contribution in [0.25, 0.3) is 11.2 Å². The van der Waals surface area contributed by atoms with E-state index in [9.17, 15) is 0 Å². The number of ether oxygens (including phenoxy) is 1. The Labute approximate surface area is 139 Å². The van der Waals surface area contributed by atoms with Crippen molar-refractivity contribution >= 4 is 22.9 Å². The Morgan fingerprint density at radius 1 is 1.25 bits per heavy atom. The zero-order valence-electron chi connectivity index (χ0n) is 13.7. The maximum absolute atomic E-state index is 5.86. The zero-order chi connectivity index (χ0) is 16.7. The first kappa shape index (κ1) is 14.7. The van der Waals surface area contributed by atoms with Gasteiger partial charge in [0.25, 0.3) is 0 Å². The van der Waals surface area contributed by atoms with Crippen molar-refractivity contribution in [2.45, 2.75) is 25.3 Å². The van der Waals surface area contributed by atoms with E-state index in [2.05, 4.69) is 43.9 Å². The minimum Gasteiger partial charge on any atom is -0.497 e. The largest absolute Gasteiger partial charge is 0.497 e. The van der Waals surface area contributed by atoms with Gasteiger partial charge in [-0.15, -0.1) is 0 Å². The summed E-state index contributed by atoms with van der Waals surface area (Å²) in [6.07, 6.45) is 2.69. The van der Waals surface area contributed by atoms with E-state index < -0.39 is 0 Å². The molecule has 1 aliphatic heterocycles. The fourth-order valence-electron chi connectivity index (χ4n) is 3.49. The van der Waals surface area contributed by atoms with Crippen molar-refractivity contribution < 1.29 is 4.74 Å². The van der Waals surface area contributed by atoms with Crippen molar-refractivity contribution in [2.75, 3.05) is 24.3 Å². The normalized spacial score (nSPS) is 20.7. The first-order valence-corrected chi connectivity index (χ1v) is 8.03. The van der Waals surface area contributed by atoms with Crippen LogP contribution < -0.4 is 15.4 Å². The van der Waals surface area contributed by atoms with Crippen LogP contribution in [-0.2, 0) is 0 Å². The van der Waals surface area contributed by atoms with Gasteiger partial charge in [0.15, 0.2) is 11.5 Å². The van der Waals surface area contributed by atoms with Gasteiger partial charge in [-0.1, -0.05) is 12.1 Å². The molecule has 3 N–H and O–H groups in total. The van der Waals surface area contributed by atoms with Crippen LogP contribution in [-0.4, -0.2) is 39.6 Å². The lowest BCUT2D eigenvalue weighted by Crippen LogP contribution is -2.28. The van der Waals surface area contributed by atoms with Gasteiger partial charge in [-0.25, -0.2) is 4.98 Å². The maximum atomic E-state index is 5.86. The summed E-state index contributed by atoms with van der Waals surface area (Å²) in [5.41, 5.74) is 8.62. The topological polar surface area (TPSA) is 92.9 Å². The summed E-state index contributed by atoms with van der Waals surface area (Å²) >= 11 is 0. The minimum absolute atomic E-state index is 0.254. The highest BCUT2D eigenvalue weighted by atomic mass is 16.5. The Kier molecular flexibility index (Phi) is 3.48. The van der Waals surface area contributed by atoms with Gasteiger partial charge in [-0.05, 0) is 31.0 Å². The molecular weight excluding hydrogens is 304 g/mol. The number of nitrogens with two attached hydrogens (primary N) is 1. The van der Waals surface area contributed by atoms with E-state index in [1.165, 1.54) is 5.56 Å². The number of rotatable bonds is 3. The van der Waals surface area contributed by atoms with Crippen LogP contribution >= 0.6 is 0 Å². The Morgan fingerprint density at radius 3 is 2.79 bits per heavy atom. The predicted molar refractivity (Wildman–Crippen MR) is 93.3 cm³/mol. The summed E-state index contributed by atoms with van der Waals surface area (Å²) in [7, 11) is 1.68. The Bertz CT molecular complexity index is 859. The Balaban J connectivity index is 1.65. The van der Waals surface area contributed by atoms with E-state index in [0.29, 0.717) is 17.6 Å². The second-order valence-corrected chi connectivity index (χ2v) is 6.21. The van der Waals surface area contributed by atoms with Crippen molar-refractivity contribution in [2.24, 2.45) is 0 Å². The minimum atomic E-state index is 0.254. The smallest absolute Gasteiger partial charge is 0.224 e. The van der Waals surface area contributed by atoms with E-state index in [1.54, 1.807) is 13.4 Å². The van der Waals surface area contributed by atoms with Crippen LogP contribution in [0.5, 0.6) is 5.75 Å². The Morgan fingerprint density at radius 2 is 2.04 bits per heavy atom. The molecule has 2 aromatic heterocycles. The molecule has 0 aliphatic carbocycles. The van der Waals surface area contributed by atoms with E-state index in [1.807, 2.05) is 12.1 Å². The molecule has 7 nitrogen and oxygen atoms in total. The number of nitrogen functional groups attached to an aromatic ring is 1. The Hall–Kier alpha value is -2.83. The molecule has 124 valence electrons.